The fourth-order valence-electron chi connectivity index (χ4n) is 4.54. The van der Waals surface area contributed by atoms with E-state index in [1.807, 2.05) is 24.1 Å². The molecule has 0 bridgehead atoms. The third kappa shape index (κ3) is 5.38. The Morgan fingerprint density at radius 2 is 2.00 bits per heavy atom. The molecule has 0 radical (unpaired) electrons. The van der Waals surface area contributed by atoms with Gasteiger partial charge in [-0.2, -0.15) is 4.98 Å². The maximum atomic E-state index is 11.7. The lowest BCUT2D eigenvalue weighted by Crippen LogP contribution is -2.59. The van der Waals surface area contributed by atoms with Crippen molar-refractivity contribution in [3.05, 3.63) is 34.9 Å². The van der Waals surface area contributed by atoms with Gasteiger partial charge in [0.15, 0.2) is 0 Å². The monoisotopic (exact) mass is 532 g/mol. The van der Waals surface area contributed by atoms with E-state index in [1.54, 1.807) is 11.1 Å². The first-order valence-electron chi connectivity index (χ1n) is 11.6. The van der Waals surface area contributed by atoms with Crippen molar-refractivity contribution in [2.24, 2.45) is 5.41 Å². The second-order valence-electron chi connectivity index (χ2n) is 9.92. The molecule has 1 amide bonds. The molecule has 2 aliphatic heterocycles. The molecule has 2 aromatic rings. The number of amides is 1. The molecule has 0 aliphatic carbocycles. The number of nitrogens with zero attached hydrogens (tertiary/aromatic N) is 5. The average molecular weight is 533 g/mol. The second-order valence-corrected chi connectivity index (χ2v) is 10.8. The molecule has 9 nitrogen and oxygen atoms in total. The smallest absolute Gasteiger partial charge is 0.407 e. The summed E-state index contributed by atoms with van der Waals surface area (Å²) in [5.41, 5.74) is 1.81. The van der Waals surface area contributed by atoms with E-state index in [1.165, 1.54) is 0 Å². The van der Waals surface area contributed by atoms with Gasteiger partial charge in [0.25, 0.3) is 0 Å². The number of benzene rings is 1. The minimum absolute atomic E-state index is 0.0249. The summed E-state index contributed by atoms with van der Waals surface area (Å²) in [4.78, 5) is 26.7. The van der Waals surface area contributed by atoms with Crippen LogP contribution in [0.3, 0.4) is 0 Å². The van der Waals surface area contributed by atoms with Crippen molar-refractivity contribution >= 4 is 45.2 Å². The van der Waals surface area contributed by atoms with Crippen LogP contribution in [0.1, 0.15) is 33.6 Å². The second kappa shape index (κ2) is 9.95. The van der Waals surface area contributed by atoms with E-state index >= 15 is 0 Å². The van der Waals surface area contributed by atoms with E-state index in [-0.39, 0.29) is 17.7 Å². The Hall–Kier alpha value is -2.59. The summed E-state index contributed by atoms with van der Waals surface area (Å²) in [7, 11) is 1.98. The highest BCUT2D eigenvalue weighted by Gasteiger charge is 2.38. The maximum Gasteiger partial charge on any atom is 0.407 e. The van der Waals surface area contributed by atoms with E-state index < -0.39 is 6.09 Å². The Kier molecular flexibility index (Phi) is 7.18. The molecule has 2 unspecified atom stereocenters. The van der Waals surface area contributed by atoms with E-state index in [4.69, 9.17) is 9.72 Å². The molecule has 3 heterocycles. The zero-order valence-corrected chi connectivity index (χ0v) is 21.7. The molecule has 10 heteroatoms. The van der Waals surface area contributed by atoms with Crippen molar-refractivity contribution in [3.8, 4) is 0 Å². The molecule has 34 heavy (non-hydrogen) atoms. The molecule has 0 saturated carbocycles. The van der Waals surface area contributed by atoms with E-state index in [0.29, 0.717) is 25.6 Å². The lowest BCUT2D eigenvalue weighted by molar-refractivity contribution is 0.0748. The number of nitrogens with one attached hydrogen (secondary N) is 1. The molecule has 2 aliphatic rings. The topological polar surface area (TPSA) is 94.1 Å². The Morgan fingerprint density at radius 1 is 1.26 bits per heavy atom. The number of carboxylic acid groups (broad SMARTS) is 1. The lowest BCUT2D eigenvalue weighted by atomic mass is 9.84. The first kappa shape index (κ1) is 24.5. The van der Waals surface area contributed by atoms with Crippen LogP contribution in [0.4, 0.5) is 27.9 Å². The summed E-state index contributed by atoms with van der Waals surface area (Å²) in [6.45, 7) is 8.87. The predicted molar refractivity (Wildman–Crippen MR) is 137 cm³/mol. The molecular weight excluding hydrogens is 500 g/mol. The van der Waals surface area contributed by atoms with Crippen molar-refractivity contribution in [1.82, 2.24) is 14.9 Å². The number of hydrogen-bond donors (Lipinski definition) is 2. The van der Waals surface area contributed by atoms with Crippen LogP contribution in [0, 0.1) is 5.41 Å². The van der Waals surface area contributed by atoms with Crippen LogP contribution in [0.2, 0.25) is 0 Å². The number of rotatable bonds is 5. The zero-order valence-electron chi connectivity index (χ0n) is 20.2. The molecule has 2 saturated heterocycles. The number of aromatic nitrogens is 2. The highest BCUT2D eigenvalue weighted by Crippen LogP contribution is 2.32. The van der Waals surface area contributed by atoms with Crippen molar-refractivity contribution in [2.75, 3.05) is 48.4 Å². The molecule has 4 rings (SSSR count). The summed E-state index contributed by atoms with van der Waals surface area (Å²) in [6, 6.07) is 8.03. The molecule has 2 N–H and O–H groups in total. The van der Waals surface area contributed by atoms with Gasteiger partial charge in [-0.1, -0.05) is 20.8 Å². The van der Waals surface area contributed by atoms with Gasteiger partial charge in [-0.3, -0.25) is 0 Å². The van der Waals surface area contributed by atoms with Crippen LogP contribution in [-0.2, 0) is 4.74 Å². The molecule has 1 aromatic heterocycles. The predicted octanol–water partition coefficient (Wildman–Crippen LogP) is 4.77. The average Bonchev–Trinajstić information content (AvgIpc) is 3.34. The van der Waals surface area contributed by atoms with Crippen LogP contribution in [0.25, 0.3) is 0 Å². The zero-order chi connectivity index (χ0) is 24.5. The van der Waals surface area contributed by atoms with Gasteiger partial charge >= 0.3 is 6.09 Å². The van der Waals surface area contributed by atoms with E-state index in [2.05, 4.69) is 64.0 Å². The minimum Gasteiger partial charge on any atom is -0.465 e. The summed E-state index contributed by atoms with van der Waals surface area (Å²) in [5, 5.41) is 12.9. The Labute approximate surface area is 209 Å². The number of hydrogen-bond acceptors (Lipinski definition) is 7. The number of halogens is 1. The Bertz CT molecular complexity index is 1010. The summed E-state index contributed by atoms with van der Waals surface area (Å²) >= 11 is 3.55. The first-order valence-corrected chi connectivity index (χ1v) is 12.4. The lowest BCUT2D eigenvalue weighted by Gasteiger charge is -2.46. The van der Waals surface area contributed by atoms with Crippen LogP contribution in [-0.4, -0.2) is 71.6 Å². The molecule has 0 spiro atoms. The van der Waals surface area contributed by atoms with Crippen molar-refractivity contribution in [3.63, 3.8) is 0 Å². The van der Waals surface area contributed by atoms with Gasteiger partial charge in [-0.05, 0) is 58.5 Å². The highest BCUT2D eigenvalue weighted by atomic mass is 79.9. The third-order valence-electron chi connectivity index (χ3n) is 6.51. The SMILES string of the molecule is CN(c1nc(Nc2ccc(N3CCN(C(=O)O)C(C(C)(C)C)C3)cc2)ncc1Br)C1CCCO1. The maximum absolute atomic E-state index is 11.7. The Morgan fingerprint density at radius 3 is 2.62 bits per heavy atom. The standard InChI is InChI=1S/C24H33BrN6O3/c1-24(2,3)19-15-30(11-12-31(19)23(32)33)17-9-7-16(8-10-17)27-22-26-14-18(25)21(28-22)29(4)20-6-5-13-34-20/h7-10,14,19-20H,5-6,11-13,15H2,1-4H3,(H,32,33)(H,26,27,28). The molecule has 184 valence electrons. The van der Waals surface area contributed by atoms with E-state index in [0.717, 1.165) is 41.1 Å². The van der Waals surface area contributed by atoms with Crippen LogP contribution >= 0.6 is 15.9 Å². The van der Waals surface area contributed by atoms with Gasteiger partial charge in [0, 0.05) is 50.9 Å². The Balaban J connectivity index is 1.45. The summed E-state index contributed by atoms with van der Waals surface area (Å²) in [5.74, 6) is 1.30. The number of piperazine rings is 1. The van der Waals surface area contributed by atoms with Gasteiger partial charge in [0.2, 0.25) is 5.95 Å². The third-order valence-corrected chi connectivity index (χ3v) is 7.07. The fraction of sp³-hybridized carbons (Fsp3) is 0.542. The molecule has 2 fully saturated rings. The normalized spacial score (nSPS) is 21.0. The van der Waals surface area contributed by atoms with E-state index in [9.17, 15) is 9.90 Å². The number of anilines is 4. The van der Waals surface area contributed by atoms with Crippen molar-refractivity contribution in [1.29, 1.82) is 0 Å². The van der Waals surface area contributed by atoms with Gasteiger partial charge in [0.1, 0.15) is 12.0 Å². The minimum atomic E-state index is -0.849. The van der Waals surface area contributed by atoms with Gasteiger partial charge in [-0.15, -0.1) is 0 Å². The highest BCUT2D eigenvalue weighted by molar-refractivity contribution is 9.10. The molecular formula is C24H33BrN6O3. The van der Waals surface area contributed by atoms with Crippen molar-refractivity contribution in [2.45, 2.75) is 45.9 Å². The molecule has 2 atom stereocenters. The largest absolute Gasteiger partial charge is 0.465 e. The van der Waals surface area contributed by atoms with Gasteiger partial charge in [0.05, 0.1) is 10.5 Å². The number of carbonyl (C=O) groups is 1. The van der Waals surface area contributed by atoms with Crippen molar-refractivity contribution < 1.29 is 14.6 Å². The quantitative estimate of drug-likeness (QED) is 0.568. The van der Waals surface area contributed by atoms with Crippen LogP contribution in [0.5, 0.6) is 0 Å². The van der Waals surface area contributed by atoms with Crippen LogP contribution < -0.4 is 15.1 Å². The van der Waals surface area contributed by atoms with Gasteiger partial charge in [-0.25, -0.2) is 9.78 Å². The first-order chi connectivity index (χ1) is 16.1. The summed E-state index contributed by atoms with van der Waals surface area (Å²) < 4.78 is 6.61. The van der Waals surface area contributed by atoms with Gasteiger partial charge < -0.3 is 29.9 Å². The summed E-state index contributed by atoms with van der Waals surface area (Å²) in [6.07, 6.45) is 2.96. The molecule has 1 aromatic carbocycles. The van der Waals surface area contributed by atoms with Crippen LogP contribution in [0.15, 0.2) is 34.9 Å². The number of ether oxygens (including phenoxy) is 1. The fourth-order valence-corrected chi connectivity index (χ4v) is 5.01.